The molecule has 1 aliphatic heterocycles. The number of amides is 2. The van der Waals surface area contributed by atoms with Gasteiger partial charge in [0.25, 0.3) is 5.91 Å². The van der Waals surface area contributed by atoms with Gasteiger partial charge in [-0.25, -0.2) is 0 Å². The molecule has 2 heterocycles. The van der Waals surface area contributed by atoms with Crippen LogP contribution in [0.3, 0.4) is 0 Å². The molecule has 4 rings (SSSR count). The van der Waals surface area contributed by atoms with Crippen LogP contribution in [0.4, 0.5) is 0 Å². The van der Waals surface area contributed by atoms with Gasteiger partial charge in [0, 0.05) is 43.9 Å². The Balaban J connectivity index is 1.51. The molecule has 0 unspecified atom stereocenters. The lowest BCUT2D eigenvalue weighted by atomic mass is 9.96. The molecule has 3 aromatic rings. The maximum absolute atomic E-state index is 12.2. The summed E-state index contributed by atoms with van der Waals surface area (Å²) in [5.74, 6) is 0.481. The van der Waals surface area contributed by atoms with Crippen LogP contribution in [0.1, 0.15) is 36.5 Å². The van der Waals surface area contributed by atoms with Gasteiger partial charge in [0.15, 0.2) is 0 Å². The summed E-state index contributed by atoms with van der Waals surface area (Å²) in [5, 5.41) is 0.878. The SMILES string of the molecule is CCC(=O)N1CCC(Oc2ccc(-c3ccc4cccnc4c3C(N)=O)cc2)CC1. The van der Waals surface area contributed by atoms with Gasteiger partial charge in [-0.05, 0) is 29.3 Å². The number of hydrogen-bond acceptors (Lipinski definition) is 4. The number of benzene rings is 2. The van der Waals surface area contributed by atoms with E-state index in [0.717, 1.165) is 48.2 Å². The van der Waals surface area contributed by atoms with Crippen molar-refractivity contribution in [1.29, 1.82) is 0 Å². The van der Waals surface area contributed by atoms with E-state index in [-0.39, 0.29) is 12.0 Å². The first-order chi connectivity index (χ1) is 14.6. The van der Waals surface area contributed by atoms with Gasteiger partial charge < -0.3 is 15.4 Å². The van der Waals surface area contributed by atoms with Crippen molar-refractivity contribution in [2.75, 3.05) is 13.1 Å². The minimum Gasteiger partial charge on any atom is -0.490 e. The molecule has 6 heteroatoms. The molecule has 0 saturated carbocycles. The largest absolute Gasteiger partial charge is 0.490 e. The maximum atomic E-state index is 12.2. The zero-order valence-corrected chi connectivity index (χ0v) is 17.0. The van der Waals surface area contributed by atoms with Crippen LogP contribution in [0.2, 0.25) is 0 Å². The van der Waals surface area contributed by atoms with E-state index in [2.05, 4.69) is 4.98 Å². The number of primary amides is 1. The second kappa shape index (κ2) is 8.53. The Hall–Kier alpha value is -3.41. The molecule has 1 fully saturated rings. The van der Waals surface area contributed by atoms with Crippen molar-refractivity contribution < 1.29 is 14.3 Å². The van der Waals surface area contributed by atoms with E-state index in [1.165, 1.54) is 0 Å². The van der Waals surface area contributed by atoms with Crippen LogP contribution in [0, 0.1) is 0 Å². The summed E-state index contributed by atoms with van der Waals surface area (Å²) in [6, 6.07) is 15.3. The minimum absolute atomic E-state index is 0.0998. The van der Waals surface area contributed by atoms with Gasteiger partial charge in [-0.3, -0.25) is 14.6 Å². The Morgan fingerprint density at radius 3 is 2.50 bits per heavy atom. The highest BCUT2D eigenvalue weighted by molar-refractivity contribution is 6.10. The quantitative estimate of drug-likeness (QED) is 0.702. The average molecular weight is 403 g/mol. The maximum Gasteiger partial charge on any atom is 0.251 e. The van der Waals surface area contributed by atoms with Crippen molar-refractivity contribution in [3.8, 4) is 16.9 Å². The van der Waals surface area contributed by atoms with E-state index in [1.54, 1.807) is 6.20 Å². The molecule has 0 aliphatic carbocycles. The number of carbonyl (C=O) groups is 2. The van der Waals surface area contributed by atoms with E-state index in [1.807, 2.05) is 60.4 Å². The molecule has 0 atom stereocenters. The highest BCUT2D eigenvalue weighted by atomic mass is 16.5. The highest BCUT2D eigenvalue weighted by Gasteiger charge is 2.23. The molecule has 1 aliphatic rings. The summed E-state index contributed by atoms with van der Waals surface area (Å²) >= 11 is 0. The number of pyridine rings is 1. The lowest BCUT2D eigenvalue weighted by molar-refractivity contribution is -0.132. The molecule has 2 N–H and O–H groups in total. The van der Waals surface area contributed by atoms with Gasteiger partial charge >= 0.3 is 0 Å². The zero-order chi connectivity index (χ0) is 21.1. The van der Waals surface area contributed by atoms with E-state index in [9.17, 15) is 9.59 Å². The van der Waals surface area contributed by atoms with Gasteiger partial charge in [-0.1, -0.05) is 37.3 Å². The van der Waals surface area contributed by atoms with Gasteiger partial charge in [0.05, 0.1) is 11.1 Å². The average Bonchev–Trinajstić information content (AvgIpc) is 2.78. The lowest BCUT2D eigenvalue weighted by Crippen LogP contribution is -2.41. The van der Waals surface area contributed by atoms with Gasteiger partial charge in [0.1, 0.15) is 11.9 Å². The Kier molecular flexibility index (Phi) is 5.65. The molecule has 6 nitrogen and oxygen atoms in total. The fraction of sp³-hybridized carbons (Fsp3) is 0.292. The van der Waals surface area contributed by atoms with E-state index < -0.39 is 5.91 Å². The highest BCUT2D eigenvalue weighted by Crippen LogP contribution is 2.31. The topological polar surface area (TPSA) is 85.5 Å². The van der Waals surface area contributed by atoms with Crippen molar-refractivity contribution in [3.05, 3.63) is 60.3 Å². The number of aromatic nitrogens is 1. The number of ether oxygens (including phenoxy) is 1. The second-order valence-corrected chi connectivity index (χ2v) is 7.50. The van der Waals surface area contributed by atoms with Crippen LogP contribution in [-0.4, -0.2) is 40.9 Å². The predicted molar refractivity (Wildman–Crippen MR) is 116 cm³/mol. The number of rotatable bonds is 5. The van der Waals surface area contributed by atoms with Gasteiger partial charge in [0.2, 0.25) is 5.91 Å². The first-order valence-corrected chi connectivity index (χ1v) is 10.3. The number of carbonyl (C=O) groups excluding carboxylic acids is 2. The molecule has 0 radical (unpaired) electrons. The molecular weight excluding hydrogens is 378 g/mol. The third kappa shape index (κ3) is 3.99. The third-order valence-corrected chi connectivity index (χ3v) is 5.59. The first kappa shape index (κ1) is 19.9. The molecular formula is C24H25N3O3. The van der Waals surface area contributed by atoms with Gasteiger partial charge in [-0.2, -0.15) is 0 Å². The second-order valence-electron chi connectivity index (χ2n) is 7.50. The summed E-state index contributed by atoms with van der Waals surface area (Å²) in [6.45, 7) is 3.37. The first-order valence-electron chi connectivity index (χ1n) is 10.3. The fourth-order valence-corrected chi connectivity index (χ4v) is 3.99. The summed E-state index contributed by atoms with van der Waals surface area (Å²) in [5.41, 5.74) is 8.35. The normalized spacial score (nSPS) is 14.6. The molecule has 30 heavy (non-hydrogen) atoms. The number of hydrogen-bond donors (Lipinski definition) is 1. The van der Waals surface area contributed by atoms with Crippen molar-refractivity contribution in [3.63, 3.8) is 0 Å². The summed E-state index contributed by atoms with van der Waals surface area (Å²) in [7, 11) is 0. The summed E-state index contributed by atoms with van der Waals surface area (Å²) < 4.78 is 6.11. The third-order valence-electron chi connectivity index (χ3n) is 5.59. The Bertz CT molecular complexity index is 1070. The minimum atomic E-state index is -0.497. The molecule has 2 amide bonds. The van der Waals surface area contributed by atoms with Crippen LogP contribution >= 0.6 is 0 Å². The zero-order valence-electron chi connectivity index (χ0n) is 17.0. The standard InChI is InChI=1S/C24H25N3O3/c1-2-21(28)27-14-11-19(12-15-27)30-18-8-5-16(6-9-18)20-10-7-17-4-3-13-26-23(17)22(20)24(25)29/h3-10,13,19H,2,11-12,14-15H2,1H3,(H2,25,29). The van der Waals surface area contributed by atoms with E-state index in [0.29, 0.717) is 17.5 Å². The van der Waals surface area contributed by atoms with Crippen molar-refractivity contribution >= 4 is 22.7 Å². The fourth-order valence-electron chi connectivity index (χ4n) is 3.99. The predicted octanol–water partition coefficient (Wildman–Crippen LogP) is 3.78. The number of nitrogens with zero attached hydrogens (tertiary/aromatic N) is 2. The molecule has 154 valence electrons. The van der Waals surface area contributed by atoms with Crippen LogP contribution in [0.5, 0.6) is 5.75 Å². The summed E-state index contributed by atoms with van der Waals surface area (Å²) in [6.07, 6.45) is 3.97. The van der Waals surface area contributed by atoms with E-state index >= 15 is 0 Å². The van der Waals surface area contributed by atoms with Gasteiger partial charge in [-0.15, -0.1) is 0 Å². The van der Waals surface area contributed by atoms with Crippen LogP contribution in [0.15, 0.2) is 54.7 Å². The van der Waals surface area contributed by atoms with Crippen molar-refractivity contribution in [1.82, 2.24) is 9.88 Å². The smallest absolute Gasteiger partial charge is 0.251 e. The molecule has 2 aromatic carbocycles. The van der Waals surface area contributed by atoms with Crippen LogP contribution in [-0.2, 0) is 4.79 Å². The molecule has 1 aromatic heterocycles. The Labute approximate surface area is 175 Å². The molecule has 0 spiro atoms. The van der Waals surface area contributed by atoms with Crippen molar-refractivity contribution in [2.24, 2.45) is 5.73 Å². The monoisotopic (exact) mass is 403 g/mol. The van der Waals surface area contributed by atoms with Crippen LogP contribution < -0.4 is 10.5 Å². The van der Waals surface area contributed by atoms with Crippen molar-refractivity contribution in [2.45, 2.75) is 32.3 Å². The molecule has 0 bridgehead atoms. The number of piperidine rings is 1. The number of nitrogens with two attached hydrogens (primary N) is 1. The Morgan fingerprint density at radius 1 is 1.10 bits per heavy atom. The molecule has 1 saturated heterocycles. The number of fused-ring (bicyclic) bond motifs is 1. The van der Waals surface area contributed by atoms with E-state index in [4.69, 9.17) is 10.5 Å². The lowest BCUT2D eigenvalue weighted by Gasteiger charge is -2.32. The Morgan fingerprint density at radius 2 is 1.83 bits per heavy atom. The number of likely N-dealkylation sites (tertiary alicyclic amines) is 1. The summed E-state index contributed by atoms with van der Waals surface area (Å²) in [4.78, 5) is 30.2. The van der Waals surface area contributed by atoms with Crippen LogP contribution in [0.25, 0.3) is 22.0 Å².